The van der Waals surface area contributed by atoms with Crippen molar-refractivity contribution in [2.75, 3.05) is 31.5 Å². The molecule has 0 aliphatic heterocycles. The summed E-state index contributed by atoms with van der Waals surface area (Å²) in [7, 11) is -3.77. The van der Waals surface area contributed by atoms with Crippen molar-refractivity contribution in [2.45, 2.75) is 32.1 Å². The number of methoxy groups -OCH3 is 2. The molecule has 1 saturated carbocycles. The number of ether oxygens (including phenoxy) is 2. The number of rotatable bonds is 4. The van der Waals surface area contributed by atoms with Crippen molar-refractivity contribution in [1.29, 1.82) is 0 Å². The van der Waals surface area contributed by atoms with Crippen LogP contribution in [0.4, 0.5) is 5.69 Å². The summed E-state index contributed by atoms with van der Waals surface area (Å²) in [6.07, 6.45) is 9.46. The van der Waals surface area contributed by atoms with Crippen LogP contribution >= 0.6 is 0 Å². The van der Waals surface area contributed by atoms with E-state index in [4.69, 9.17) is 19.0 Å². The van der Waals surface area contributed by atoms with E-state index >= 15 is 0 Å². The van der Waals surface area contributed by atoms with Gasteiger partial charge in [0.1, 0.15) is 0 Å². The van der Waals surface area contributed by atoms with E-state index in [9.17, 15) is 16.8 Å². The Morgan fingerprint density at radius 2 is 1.43 bits per heavy atom. The molecule has 2 unspecified atom stereocenters. The first-order valence-electron chi connectivity index (χ1n) is 11.3. The quantitative estimate of drug-likeness (QED) is 0.391. The van der Waals surface area contributed by atoms with Crippen LogP contribution < -0.4 is 14.2 Å². The lowest BCUT2D eigenvalue weighted by Gasteiger charge is -2.30. The molecular formula is C24H30N2O7S2. The maximum Gasteiger partial charge on any atom is 0.261 e. The van der Waals surface area contributed by atoms with Gasteiger partial charge in [-0.1, -0.05) is 6.42 Å². The normalized spacial score (nSPS) is 19.5. The van der Waals surface area contributed by atoms with Crippen LogP contribution in [0.15, 0.2) is 24.4 Å². The highest BCUT2D eigenvalue weighted by Crippen LogP contribution is 2.47. The van der Waals surface area contributed by atoms with Crippen molar-refractivity contribution >= 4 is 47.5 Å². The van der Waals surface area contributed by atoms with Gasteiger partial charge in [0.25, 0.3) is 10.1 Å². The van der Waals surface area contributed by atoms with E-state index in [0.29, 0.717) is 29.4 Å². The summed E-state index contributed by atoms with van der Waals surface area (Å²) in [4.78, 5) is 4.74. The van der Waals surface area contributed by atoms with Crippen molar-refractivity contribution in [3.8, 4) is 11.5 Å². The van der Waals surface area contributed by atoms with Gasteiger partial charge in [-0.25, -0.2) is 8.42 Å². The zero-order valence-corrected chi connectivity index (χ0v) is 21.8. The minimum absolute atomic E-state index is 0.468. The number of aromatic nitrogens is 1. The topological polar surface area (TPSA) is 132 Å². The molecule has 2 aliphatic carbocycles. The fourth-order valence-electron chi connectivity index (χ4n) is 5.47. The summed E-state index contributed by atoms with van der Waals surface area (Å²) in [5.74, 6) is 2.81. The highest BCUT2D eigenvalue weighted by molar-refractivity contribution is 7.92. The van der Waals surface area contributed by atoms with Gasteiger partial charge >= 0.3 is 0 Å². The molecule has 2 N–H and O–H groups in total. The van der Waals surface area contributed by atoms with E-state index in [1.807, 2.05) is 12.1 Å². The van der Waals surface area contributed by atoms with Crippen LogP contribution in [0.25, 0.3) is 21.7 Å². The number of anilines is 1. The SMILES string of the molecule is COc1cc2c3c(c4ncc(NS(C)(=O)=O)cc4c2cc1OC)CC1CCCC1C3.CS(=O)(=O)O. The van der Waals surface area contributed by atoms with Gasteiger partial charge in [0, 0.05) is 5.39 Å². The van der Waals surface area contributed by atoms with Crippen LogP contribution in [-0.4, -0.2) is 53.1 Å². The highest BCUT2D eigenvalue weighted by atomic mass is 32.2. The standard InChI is InChI=1S/C23H26N2O4S.CH4O3S/c1-28-21-10-17-16-7-13-5-4-6-14(13)8-19(16)23-20(18(17)11-22(21)29-2)9-15(12-24-23)25-30(3,26)27;1-5(2,3)4/h9-14,25H,4-8H2,1-3H3;1H3,(H,2,3,4). The van der Waals surface area contributed by atoms with E-state index in [1.165, 1.54) is 30.4 Å². The molecule has 190 valence electrons. The number of nitrogens with one attached hydrogen (secondary N) is 1. The van der Waals surface area contributed by atoms with Crippen LogP contribution in [0.1, 0.15) is 30.4 Å². The average molecular weight is 523 g/mol. The smallest absolute Gasteiger partial charge is 0.261 e. The van der Waals surface area contributed by atoms with E-state index in [-0.39, 0.29) is 0 Å². The fourth-order valence-corrected chi connectivity index (χ4v) is 6.01. The minimum atomic E-state index is -3.67. The Hall–Kier alpha value is -2.63. The molecule has 0 bridgehead atoms. The Morgan fingerprint density at radius 1 is 0.886 bits per heavy atom. The number of fused-ring (bicyclic) bond motifs is 7. The molecule has 0 saturated heterocycles. The molecule has 2 aliphatic rings. The van der Waals surface area contributed by atoms with Crippen molar-refractivity contribution in [3.05, 3.63) is 35.5 Å². The number of sulfonamides is 1. The molecule has 35 heavy (non-hydrogen) atoms. The number of benzene rings is 2. The minimum Gasteiger partial charge on any atom is -0.493 e. The second-order valence-electron chi connectivity index (χ2n) is 9.30. The molecule has 3 aromatic rings. The lowest BCUT2D eigenvalue weighted by molar-refractivity contribution is 0.355. The van der Waals surface area contributed by atoms with Crippen molar-refractivity contribution in [1.82, 2.24) is 4.98 Å². The molecule has 1 heterocycles. The van der Waals surface area contributed by atoms with Crippen LogP contribution in [0.2, 0.25) is 0 Å². The third-order valence-electron chi connectivity index (χ3n) is 6.73. The van der Waals surface area contributed by atoms with Gasteiger partial charge in [-0.15, -0.1) is 0 Å². The van der Waals surface area contributed by atoms with E-state index in [1.54, 1.807) is 20.4 Å². The van der Waals surface area contributed by atoms with Crippen molar-refractivity contribution < 1.29 is 30.9 Å². The molecule has 2 aromatic carbocycles. The molecule has 11 heteroatoms. The Bertz CT molecular complexity index is 1490. The second kappa shape index (κ2) is 9.44. The van der Waals surface area contributed by atoms with Gasteiger partial charge in [0.15, 0.2) is 11.5 Å². The predicted octanol–water partition coefficient (Wildman–Crippen LogP) is 3.80. The zero-order chi connectivity index (χ0) is 25.5. The lowest BCUT2D eigenvalue weighted by atomic mass is 9.75. The van der Waals surface area contributed by atoms with E-state index < -0.39 is 20.1 Å². The Balaban J connectivity index is 0.000000527. The van der Waals surface area contributed by atoms with Gasteiger partial charge in [-0.05, 0) is 77.6 Å². The van der Waals surface area contributed by atoms with Gasteiger partial charge in [-0.3, -0.25) is 14.3 Å². The largest absolute Gasteiger partial charge is 0.493 e. The first kappa shape index (κ1) is 25.5. The number of hydrogen-bond acceptors (Lipinski definition) is 7. The van der Waals surface area contributed by atoms with Gasteiger partial charge in [0.2, 0.25) is 10.0 Å². The highest BCUT2D eigenvalue weighted by Gasteiger charge is 2.34. The fraction of sp³-hybridized carbons (Fsp3) is 0.458. The molecule has 5 rings (SSSR count). The summed E-state index contributed by atoms with van der Waals surface area (Å²) in [6.45, 7) is 0. The van der Waals surface area contributed by atoms with Gasteiger partial charge < -0.3 is 9.47 Å². The van der Waals surface area contributed by atoms with Crippen LogP contribution in [0.5, 0.6) is 11.5 Å². The van der Waals surface area contributed by atoms with Crippen molar-refractivity contribution in [2.24, 2.45) is 11.8 Å². The maximum atomic E-state index is 11.8. The summed E-state index contributed by atoms with van der Waals surface area (Å²) < 4.78 is 63.1. The second-order valence-corrected chi connectivity index (χ2v) is 12.5. The predicted molar refractivity (Wildman–Crippen MR) is 137 cm³/mol. The third-order valence-corrected chi connectivity index (χ3v) is 7.34. The Kier molecular flexibility index (Phi) is 6.87. The van der Waals surface area contributed by atoms with E-state index in [0.717, 1.165) is 46.7 Å². The third kappa shape index (κ3) is 5.62. The zero-order valence-electron chi connectivity index (χ0n) is 20.2. The van der Waals surface area contributed by atoms with Crippen LogP contribution in [-0.2, 0) is 33.0 Å². The lowest BCUT2D eigenvalue weighted by Crippen LogP contribution is -2.21. The van der Waals surface area contributed by atoms with Gasteiger partial charge in [0.05, 0.1) is 44.1 Å². The van der Waals surface area contributed by atoms with E-state index in [2.05, 4.69) is 10.8 Å². The van der Waals surface area contributed by atoms with Crippen LogP contribution in [0.3, 0.4) is 0 Å². The van der Waals surface area contributed by atoms with Crippen molar-refractivity contribution in [3.63, 3.8) is 0 Å². The summed E-state index contributed by atoms with van der Waals surface area (Å²) in [6, 6.07) is 5.94. The van der Waals surface area contributed by atoms with Crippen LogP contribution in [0, 0.1) is 11.8 Å². The molecule has 1 fully saturated rings. The molecule has 0 radical (unpaired) electrons. The Labute approximate surface area is 205 Å². The molecule has 0 spiro atoms. The molecular weight excluding hydrogens is 492 g/mol. The summed E-state index contributed by atoms with van der Waals surface area (Å²) >= 11 is 0. The number of nitrogens with zero attached hydrogens (tertiary/aromatic N) is 1. The Morgan fingerprint density at radius 3 is 1.97 bits per heavy atom. The molecule has 0 amide bonds. The maximum absolute atomic E-state index is 11.8. The number of hydrogen-bond donors (Lipinski definition) is 2. The van der Waals surface area contributed by atoms with Gasteiger partial charge in [-0.2, -0.15) is 8.42 Å². The molecule has 9 nitrogen and oxygen atoms in total. The molecule has 1 aromatic heterocycles. The monoisotopic (exact) mass is 522 g/mol. The average Bonchev–Trinajstić information content (AvgIpc) is 3.22. The molecule has 2 atom stereocenters. The first-order valence-corrected chi connectivity index (χ1v) is 15.0. The summed E-state index contributed by atoms with van der Waals surface area (Å²) in [5, 5.41) is 3.11. The summed E-state index contributed by atoms with van der Waals surface area (Å²) in [5.41, 5.74) is 4.10. The number of pyridine rings is 1. The first-order chi connectivity index (χ1) is 16.4.